The molecule has 0 aromatic heterocycles. The molecule has 2 N–H and O–H groups in total. The largest absolute Gasteiger partial charge is 0.373 e. The predicted octanol–water partition coefficient (Wildman–Crippen LogP) is 0.566. The molecule has 108 valence electrons. The van der Waals surface area contributed by atoms with Crippen LogP contribution in [0.5, 0.6) is 0 Å². The van der Waals surface area contributed by atoms with Gasteiger partial charge in [-0.1, -0.05) is 0 Å². The van der Waals surface area contributed by atoms with Gasteiger partial charge in [-0.25, -0.2) is 0 Å². The lowest BCUT2D eigenvalue weighted by molar-refractivity contribution is 0.0992. The van der Waals surface area contributed by atoms with E-state index in [2.05, 4.69) is 27.6 Å². The minimum atomic E-state index is 0.401. The normalized spacial score (nSPS) is 38.9. The van der Waals surface area contributed by atoms with Crippen LogP contribution in [0.25, 0.3) is 0 Å². The Bertz CT molecular complexity index is 346. The molecule has 3 saturated heterocycles. The Labute approximate surface area is 115 Å². The highest BCUT2D eigenvalue weighted by Gasteiger charge is 2.41. The molecule has 4 unspecified atom stereocenters. The first kappa shape index (κ1) is 13.2. The van der Waals surface area contributed by atoms with Crippen molar-refractivity contribution in [3.8, 4) is 0 Å². The summed E-state index contributed by atoms with van der Waals surface area (Å²) in [5.41, 5.74) is 0. The number of guanidine groups is 1. The van der Waals surface area contributed by atoms with Gasteiger partial charge in [-0.15, -0.1) is 0 Å². The zero-order chi connectivity index (χ0) is 13.2. The number of nitrogens with zero attached hydrogens (tertiary/aromatic N) is 2. The second-order valence-corrected chi connectivity index (χ2v) is 6.09. The number of aliphatic imine (C=N–C) groups is 1. The molecular weight excluding hydrogens is 240 g/mol. The summed E-state index contributed by atoms with van der Waals surface area (Å²) in [6.07, 6.45) is 7.06. The molecule has 3 fully saturated rings. The molecule has 5 nitrogen and oxygen atoms in total. The number of nitrogens with one attached hydrogen (secondary N) is 2. The number of hydrogen-bond donors (Lipinski definition) is 2. The van der Waals surface area contributed by atoms with Crippen molar-refractivity contribution in [2.45, 2.75) is 56.4 Å². The molecule has 0 saturated carbocycles. The third kappa shape index (κ3) is 2.87. The molecule has 0 aromatic rings. The molecule has 0 radical (unpaired) electrons. The van der Waals surface area contributed by atoms with Gasteiger partial charge in [-0.3, -0.25) is 4.99 Å². The summed E-state index contributed by atoms with van der Waals surface area (Å²) in [5, 5.41) is 7.00. The minimum absolute atomic E-state index is 0.401. The SMILES string of the molecule is CN=C(NCC1CCCN1C)NC1CC2CCC1O2. The lowest BCUT2D eigenvalue weighted by atomic mass is 9.96. The van der Waals surface area contributed by atoms with Crippen molar-refractivity contribution in [1.82, 2.24) is 15.5 Å². The van der Waals surface area contributed by atoms with Gasteiger partial charge in [0.15, 0.2) is 5.96 Å². The highest BCUT2D eigenvalue weighted by atomic mass is 16.5. The van der Waals surface area contributed by atoms with Gasteiger partial charge in [-0.05, 0) is 45.7 Å². The summed E-state index contributed by atoms with van der Waals surface area (Å²) in [5.74, 6) is 0.932. The van der Waals surface area contributed by atoms with Gasteiger partial charge in [0.05, 0.1) is 18.2 Å². The van der Waals surface area contributed by atoms with Gasteiger partial charge >= 0.3 is 0 Å². The van der Waals surface area contributed by atoms with Crippen molar-refractivity contribution in [2.75, 3.05) is 27.2 Å². The molecule has 3 heterocycles. The van der Waals surface area contributed by atoms with E-state index in [-0.39, 0.29) is 0 Å². The molecule has 0 amide bonds. The molecule has 3 rings (SSSR count). The van der Waals surface area contributed by atoms with Crippen molar-refractivity contribution in [1.29, 1.82) is 0 Å². The zero-order valence-corrected chi connectivity index (χ0v) is 12.1. The Morgan fingerprint density at radius 1 is 1.37 bits per heavy atom. The third-order valence-corrected chi connectivity index (χ3v) is 4.83. The molecule has 5 heteroatoms. The summed E-state index contributed by atoms with van der Waals surface area (Å²) in [7, 11) is 4.06. The fourth-order valence-corrected chi connectivity index (χ4v) is 3.61. The molecule has 0 spiro atoms. The topological polar surface area (TPSA) is 48.9 Å². The van der Waals surface area contributed by atoms with Crippen LogP contribution < -0.4 is 10.6 Å². The summed E-state index contributed by atoms with van der Waals surface area (Å²) in [4.78, 5) is 6.77. The Hall–Kier alpha value is -0.810. The van der Waals surface area contributed by atoms with E-state index >= 15 is 0 Å². The average Bonchev–Trinajstić information content (AvgIpc) is 3.11. The van der Waals surface area contributed by atoms with Gasteiger partial charge in [-0.2, -0.15) is 0 Å². The van der Waals surface area contributed by atoms with E-state index < -0.39 is 0 Å². The van der Waals surface area contributed by atoms with Crippen molar-refractivity contribution >= 4 is 5.96 Å². The number of ether oxygens (including phenoxy) is 1. The summed E-state index contributed by atoms with van der Waals surface area (Å²) < 4.78 is 5.87. The van der Waals surface area contributed by atoms with Crippen LogP contribution >= 0.6 is 0 Å². The summed E-state index contributed by atoms with van der Waals surface area (Å²) in [6.45, 7) is 2.20. The van der Waals surface area contributed by atoms with Crippen LogP contribution in [-0.2, 0) is 4.74 Å². The van der Waals surface area contributed by atoms with E-state index in [0.29, 0.717) is 24.3 Å². The van der Waals surface area contributed by atoms with Crippen LogP contribution in [-0.4, -0.2) is 62.3 Å². The maximum Gasteiger partial charge on any atom is 0.191 e. The van der Waals surface area contributed by atoms with Gasteiger partial charge in [0.1, 0.15) is 0 Å². The first-order valence-electron chi connectivity index (χ1n) is 7.59. The van der Waals surface area contributed by atoms with Gasteiger partial charge < -0.3 is 20.3 Å². The predicted molar refractivity (Wildman–Crippen MR) is 76.4 cm³/mol. The van der Waals surface area contributed by atoms with Crippen LogP contribution in [0, 0.1) is 0 Å². The van der Waals surface area contributed by atoms with Crippen LogP contribution in [0.1, 0.15) is 32.1 Å². The Kier molecular flexibility index (Phi) is 3.93. The smallest absolute Gasteiger partial charge is 0.191 e. The lowest BCUT2D eigenvalue weighted by Crippen LogP contribution is -2.49. The highest BCUT2D eigenvalue weighted by Crippen LogP contribution is 2.34. The highest BCUT2D eigenvalue weighted by molar-refractivity contribution is 5.80. The third-order valence-electron chi connectivity index (χ3n) is 4.83. The van der Waals surface area contributed by atoms with Crippen LogP contribution in [0.3, 0.4) is 0 Å². The lowest BCUT2D eigenvalue weighted by Gasteiger charge is -2.25. The van der Waals surface area contributed by atoms with Gasteiger partial charge in [0, 0.05) is 19.6 Å². The second kappa shape index (κ2) is 5.67. The number of likely N-dealkylation sites (tertiary alicyclic amines) is 1. The van der Waals surface area contributed by atoms with Crippen molar-refractivity contribution in [3.05, 3.63) is 0 Å². The molecule has 0 aliphatic carbocycles. The number of likely N-dealkylation sites (N-methyl/N-ethyl adjacent to an activating group) is 1. The van der Waals surface area contributed by atoms with Gasteiger partial charge in [0.2, 0.25) is 0 Å². The van der Waals surface area contributed by atoms with Gasteiger partial charge in [0.25, 0.3) is 0 Å². The molecule has 3 aliphatic heterocycles. The summed E-state index contributed by atoms with van der Waals surface area (Å²) in [6, 6.07) is 1.10. The Balaban J connectivity index is 1.46. The maximum atomic E-state index is 5.87. The summed E-state index contributed by atoms with van der Waals surface area (Å²) >= 11 is 0. The second-order valence-electron chi connectivity index (χ2n) is 6.09. The Morgan fingerprint density at radius 3 is 2.84 bits per heavy atom. The first-order chi connectivity index (χ1) is 9.26. The molecule has 2 bridgehead atoms. The minimum Gasteiger partial charge on any atom is -0.373 e. The maximum absolute atomic E-state index is 5.87. The molecule has 19 heavy (non-hydrogen) atoms. The van der Waals surface area contributed by atoms with Crippen molar-refractivity contribution in [3.63, 3.8) is 0 Å². The first-order valence-corrected chi connectivity index (χ1v) is 7.59. The quantitative estimate of drug-likeness (QED) is 0.579. The van der Waals surface area contributed by atoms with Crippen molar-refractivity contribution < 1.29 is 4.74 Å². The van der Waals surface area contributed by atoms with E-state index in [4.69, 9.17) is 4.74 Å². The van der Waals surface area contributed by atoms with Crippen LogP contribution in [0.2, 0.25) is 0 Å². The van der Waals surface area contributed by atoms with Crippen LogP contribution in [0.15, 0.2) is 4.99 Å². The van der Waals surface area contributed by atoms with E-state index in [1.165, 1.54) is 32.2 Å². The van der Waals surface area contributed by atoms with Crippen LogP contribution in [0.4, 0.5) is 0 Å². The monoisotopic (exact) mass is 266 g/mol. The molecule has 4 atom stereocenters. The fraction of sp³-hybridized carbons (Fsp3) is 0.929. The number of fused-ring (bicyclic) bond motifs is 2. The van der Waals surface area contributed by atoms with E-state index in [9.17, 15) is 0 Å². The number of rotatable bonds is 3. The van der Waals surface area contributed by atoms with Crippen molar-refractivity contribution in [2.24, 2.45) is 4.99 Å². The molecule has 0 aromatic carbocycles. The number of hydrogen-bond acceptors (Lipinski definition) is 3. The van der Waals surface area contributed by atoms with E-state index in [0.717, 1.165) is 18.9 Å². The average molecular weight is 266 g/mol. The zero-order valence-electron chi connectivity index (χ0n) is 12.1. The molecule has 3 aliphatic rings. The standard InChI is InChI=1S/C14H26N4O/c1-15-14(16-9-10-4-3-7-18(10)2)17-12-8-11-5-6-13(12)19-11/h10-13H,3-9H2,1-2H3,(H2,15,16,17). The van der Waals surface area contributed by atoms with E-state index in [1.807, 2.05) is 7.05 Å². The Morgan fingerprint density at radius 2 is 2.26 bits per heavy atom. The fourth-order valence-electron chi connectivity index (χ4n) is 3.61. The molecular formula is C14H26N4O. The van der Waals surface area contributed by atoms with E-state index in [1.54, 1.807) is 0 Å².